The van der Waals surface area contributed by atoms with Gasteiger partial charge >= 0.3 is 0 Å². The van der Waals surface area contributed by atoms with E-state index in [4.69, 9.17) is 0 Å². The number of aromatic nitrogens is 2. The van der Waals surface area contributed by atoms with Gasteiger partial charge in [-0.1, -0.05) is 6.92 Å². The maximum atomic E-state index is 11.0. The minimum atomic E-state index is 0.120. The molecule has 0 aliphatic carbocycles. The Kier molecular flexibility index (Phi) is 4.02. The smallest absolute Gasteiger partial charge is 0.220 e. The average molecular weight is 181 g/mol. The van der Waals surface area contributed by atoms with Gasteiger partial charge in [-0.25, -0.2) is 0 Å². The van der Waals surface area contributed by atoms with E-state index in [0.717, 1.165) is 13.0 Å². The number of carbonyl (C=O) groups is 1. The zero-order valence-electron chi connectivity index (χ0n) is 7.86. The monoisotopic (exact) mass is 181 g/mol. The van der Waals surface area contributed by atoms with E-state index in [2.05, 4.69) is 10.4 Å². The topological polar surface area (TPSA) is 46.9 Å². The number of carbonyl (C=O) groups excluding carboxylic acids is 1. The number of amides is 1. The van der Waals surface area contributed by atoms with Gasteiger partial charge in [0.25, 0.3) is 0 Å². The lowest BCUT2D eigenvalue weighted by Crippen LogP contribution is -2.26. The number of hydrogen-bond acceptors (Lipinski definition) is 2. The fraction of sp³-hybridized carbons (Fsp3) is 0.556. The van der Waals surface area contributed by atoms with Gasteiger partial charge in [-0.2, -0.15) is 5.10 Å². The lowest BCUT2D eigenvalue weighted by atomic mass is 10.3. The van der Waals surface area contributed by atoms with Gasteiger partial charge in [-0.3, -0.25) is 9.48 Å². The van der Waals surface area contributed by atoms with Crippen molar-refractivity contribution in [2.75, 3.05) is 6.54 Å². The molecular formula is C9H15N3O. The predicted molar refractivity (Wildman–Crippen MR) is 50.1 cm³/mol. The van der Waals surface area contributed by atoms with Crippen molar-refractivity contribution >= 4 is 5.91 Å². The Balaban J connectivity index is 2.11. The largest absolute Gasteiger partial charge is 0.354 e. The second-order valence-corrected chi connectivity index (χ2v) is 2.87. The Morgan fingerprint density at radius 3 is 3.08 bits per heavy atom. The van der Waals surface area contributed by atoms with Crippen LogP contribution in [0.3, 0.4) is 0 Å². The van der Waals surface area contributed by atoms with Gasteiger partial charge in [-0.15, -0.1) is 0 Å². The number of nitrogens with zero attached hydrogens (tertiary/aromatic N) is 2. The molecule has 0 aliphatic heterocycles. The van der Waals surface area contributed by atoms with Crippen LogP contribution in [0.15, 0.2) is 18.5 Å². The van der Waals surface area contributed by atoms with Crippen LogP contribution in [0.2, 0.25) is 0 Å². The van der Waals surface area contributed by atoms with E-state index in [0.29, 0.717) is 13.0 Å². The highest BCUT2D eigenvalue weighted by atomic mass is 16.1. The van der Waals surface area contributed by atoms with Crippen LogP contribution in [0.4, 0.5) is 0 Å². The van der Waals surface area contributed by atoms with Crippen LogP contribution in [0, 0.1) is 0 Å². The third-order valence-corrected chi connectivity index (χ3v) is 1.70. The van der Waals surface area contributed by atoms with Crippen molar-refractivity contribution in [3.8, 4) is 0 Å². The minimum Gasteiger partial charge on any atom is -0.354 e. The molecule has 1 aromatic heterocycles. The van der Waals surface area contributed by atoms with Crippen molar-refractivity contribution in [2.24, 2.45) is 0 Å². The Labute approximate surface area is 77.9 Å². The van der Waals surface area contributed by atoms with Crippen LogP contribution >= 0.6 is 0 Å². The van der Waals surface area contributed by atoms with Crippen LogP contribution in [-0.2, 0) is 11.3 Å². The van der Waals surface area contributed by atoms with E-state index in [1.165, 1.54) is 0 Å². The molecule has 13 heavy (non-hydrogen) atoms. The summed E-state index contributed by atoms with van der Waals surface area (Å²) in [6.07, 6.45) is 5.12. The molecule has 0 spiro atoms. The van der Waals surface area contributed by atoms with Gasteiger partial charge in [0.2, 0.25) is 5.91 Å². The Morgan fingerprint density at radius 2 is 2.46 bits per heavy atom. The minimum absolute atomic E-state index is 0.120. The summed E-state index contributed by atoms with van der Waals surface area (Å²) in [5, 5.41) is 6.85. The molecule has 1 heterocycles. The molecule has 0 bridgehead atoms. The van der Waals surface area contributed by atoms with Crippen molar-refractivity contribution < 1.29 is 4.79 Å². The average Bonchev–Trinajstić information content (AvgIpc) is 2.57. The zero-order valence-corrected chi connectivity index (χ0v) is 7.86. The van der Waals surface area contributed by atoms with Crippen LogP contribution in [0.1, 0.15) is 19.8 Å². The fourth-order valence-electron chi connectivity index (χ4n) is 1.06. The first kappa shape index (κ1) is 9.77. The summed E-state index contributed by atoms with van der Waals surface area (Å²) < 4.78 is 1.80. The van der Waals surface area contributed by atoms with Crippen LogP contribution in [0.5, 0.6) is 0 Å². The summed E-state index contributed by atoms with van der Waals surface area (Å²) in [4.78, 5) is 11.0. The van der Waals surface area contributed by atoms with E-state index in [1.807, 2.05) is 19.2 Å². The quantitative estimate of drug-likeness (QED) is 0.730. The second-order valence-electron chi connectivity index (χ2n) is 2.87. The van der Waals surface area contributed by atoms with Crippen molar-refractivity contribution in [1.29, 1.82) is 0 Å². The molecule has 0 saturated heterocycles. The highest BCUT2D eigenvalue weighted by molar-refractivity contribution is 5.75. The summed E-state index contributed by atoms with van der Waals surface area (Å²) in [5.41, 5.74) is 0. The molecule has 1 amide bonds. The standard InChI is InChI=1S/C9H15N3O/c1-2-4-9(13)10-6-8-12-7-3-5-11-12/h3,5,7H,2,4,6,8H2,1H3,(H,10,13). The number of nitrogens with one attached hydrogen (secondary N) is 1. The summed E-state index contributed by atoms with van der Waals surface area (Å²) >= 11 is 0. The summed E-state index contributed by atoms with van der Waals surface area (Å²) in [6.45, 7) is 3.38. The van der Waals surface area contributed by atoms with Gasteiger partial charge in [0.15, 0.2) is 0 Å². The maximum absolute atomic E-state index is 11.0. The summed E-state index contributed by atoms with van der Waals surface area (Å²) in [5.74, 6) is 0.120. The molecule has 0 aliphatic rings. The Bertz CT molecular complexity index is 243. The molecular weight excluding hydrogens is 166 g/mol. The molecule has 0 saturated carbocycles. The van der Waals surface area contributed by atoms with Gasteiger partial charge in [-0.05, 0) is 12.5 Å². The molecule has 72 valence electrons. The third kappa shape index (κ3) is 3.73. The molecule has 0 radical (unpaired) electrons. The first-order valence-corrected chi connectivity index (χ1v) is 4.57. The Morgan fingerprint density at radius 1 is 1.62 bits per heavy atom. The van der Waals surface area contributed by atoms with Crippen molar-refractivity contribution in [2.45, 2.75) is 26.3 Å². The molecule has 4 heteroatoms. The van der Waals surface area contributed by atoms with Crippen molar-refractivity contribution in [3.63, 3.8) is 0 Å². The fourth-order valence-corrected chi connectivity index (χ4v) is 1.06. The molecule has 4 nitrogen and oxygen atoms in total. The highest BCUT2D eigenvalue weighted by Crippen LogP contribution is 1.86. The normalized spacial score (nSPS) is 9.92. The van der Waals surface area contributed by atoms with E-state index >= 15 is 0 Å². The first-order chi connectivity index (χ1) is 6.33. The van der Waals surface area contributed by atoms with E-state index < -0.39 is 0 Å². The van der Waals surface area contributed by atoms with Crippen LogP contribution in [-0.4, -0.2) is 22.2 Å². The van der Waals surface area contributed by atoms with Crippen molar-refractivity contribution in [3.05, 3.63) is 18.5 Å². The molecule has 0 aromatic carbocycles. The van der Waals surface area contributed by atoms with E-state index in [9.17, 15) is 4.79 Å². The number of hydrogen-bond donors (Lipinski definition) is 1. The third-order valence-electron chi connectivity index (χ3n) is 1.70. The highest BCUT2D eigenvalue weighted by Gasteiger charge is 1.97. The molecule has 1 N–H and O–H groups in total. The lowest BCUT2D eigenvalue weighted by Gasteiger charge is -2.03. The van der Waals surface area contributed by atoms with Crippen LogP contribution < -0.4 is 5.32 Å². The summed E-state index contributed by atoms with van der Waals surface area (Å²) in [7, 11) is 0. The lowest BCUT2D eigenvalue weighted by molar-refractivity contribution is -0.121. The molecule has 0 atom stereocenters. The molecule has 0 unspecified atom stereocenters. The van der Waals surface area contributed by atoms with Gasteiger partial charge in [0, 0.05) is 25.4 Å². The summed E-state index contributed by atoms with van der Waals surface area (Å²) in [6, 6.07) is 1.87. The predicted octanol–water partition coefficient (Wildman–Crippen LogP) is 0.799. The maximum Gasteiger partial charge on any atom is 0.220 e. The molecule has 1 aromatic rings. The molecule has 0 fully saturated rings. The van der Waals surface area contributed by atoms with E-state index in [-0.39, 0.29) is 5.91 Å². The van der Waals surface area contributed by atoms with Crippen LogP contribution in [0.25, 0.3) is 0 Å². The SMILES string of the molecule is CCCC(=O)NCCn1cccn1. The Hall–Kier alpha value is -1.32. The second kappa shape index (κ2) is 5.35. The van der Waals surface area contributed by atoms with Gasteiger partial charge in [0.1, 0.15) is 0 Å². The van der Waals surface area contributed by atoms with E-state index in [1.54, 1.807) is 10.9 Å². The zero-order chi connectivity index (χ0) is 9.52. The van der Waals surface area contributed by atoms with Crippen molar-refractivity contribution in [1.82, 2.24) is 15.1 Å². The van der Waals surface area contributed by atoms with Gasteiger partial charge in [0.05, 0.1) is 6.54 Å². The van der Waals surface area contributed by atoms with Gasteiger partial charge < -0.3 is 5.32 Å². The number of rotatable bonds is 5. The molecule has 1 rings (SSSR count). The first-order valence-electron chi connectivity index (χ1n) is 4.57.